The summed E-state index contributed by atoms with van der Waals surface area (Å²) in [5.74, 6) is -0.456. The van der Waals surface area contributed by atoms with Crippen LogP contribution in [0.25, 0.3) is 11.2 Å². The van der Waals surface area contributed by atoms with Crippen molar-refractivity contribution in [1.82, 2.24) is 39.8 Å². The molecule has 39 heavy (non-hydrogen) atoms. The molecule has 1 unspecified atom stereocenters. The molecule has 0 saturated carbocycles. The topological polar surface area (TPSA) is 118 Å². The molecule has 1 atom stereocenters. The Kier molecular flexibility index (Phi) is 6.73. The van der Waals surface area contributed by atoms with E-state index in [0.29, 0.717) is 36.5 Å². The Hall–Kier alpha value is -4.99. The molecule has 4 aromatic rings. The Balaban J connectivity index is 1.16. The summed E-state index contributed by atoms with van der Waals surface area (Å²) in [5, 5.41) is 7.24. The Morgan fingerprint density at radius 1 is 1.08 bits per heavy atom. The summed E-state index contributed by atoms with van der Waals surface area (Å²) < 4.78 is 1.63. The first-order valence-electron chi connectivity index (χ1n) is 12.9. The number of allylic oxidation sites excluding steroid dienone is 5. The maximum Gasteiger partial charge on any atom is 0.278 e. The lowest BCUT2D eigenvalue weighted by Crippen LogP contribution is -2.32. The van der Waals surface area contributed by atoms with Crippen LogP contribution in [-0.4, -0.2) is 52.8 Å². The lowest BCUT2D eigenvalue weighted by molar-refractivity contribution is 0.0804. The van der Waals surface area contributed by atoms with Crippen LogP contribution in [0.3, 0.4) is 0 Å². The minimum Gasteiger partial charge on any atom is -0.347 e. The molecule has 0 radical (unpaired) electrons. The first-order valence-corrected chi connectivity index (χ1v) is 12.9. The van der Waals surface area contributed by atoms with Crippen molar-refractivity contribution in [3.05, 3.63) is 114 Å². The molecule has 0 fully saturated rings. The molecule has 4 aromatic heterocycles. The molecule has 0 spiro atoms. The van der Waals surface area contributed by atoms with Crippen molar-refractivity contribution in [2.24, 2.45) is 0 Å². The monoisotopic (exact) mass is 518 g/mol. The molecule has 0 saturated heterocycles. The van der Waals surface area contributed by atoms with Gasteiger partial charge in [-0.25, -0.2) is 14.5 Å². The molecule has 2 aliphatic rings. The molecule has 0 aromatic carbocycles. The predicted octanol–water partition coefficient (Wildman–Crippen LogP) is 3.72. The zero-order chi connectivity index (χ0) is 26.6. The minimum absolute atomic E-state index is 0.0139. The van der Waals surface area contributed by atoms with Gasteiger partial charge in [-0.1, -0.05) is 30.4 Å². The molecule has 10 nitrogen and oxygen atoms in total. The molecule has 10 heteroatoms. The van der Waals surface area contributed by atoms with Gasteiger partial charge in [0.15, 0.2) is 11.3 Å². The van der Waals surface area contributed by atoms with Gasteiger partial charge in [-0.15, -0.1) is 0 Å². The van der Waals surface area contributed by atoms with Crippen LogP contribution in [0.4, 0.5) is 0 Å². The summed E-state index contributed by atoms with van der Waals surface area (Å²) in [6.07, 6.45) is 20.5. The SMILES string of the molecule is O=C(NCc1cccnc1)c1cnc(C2C=CN(C(=O)c3c(C4=CC=CCC4)nc4cccnn34)CC2)cn1. The van der Waals surface area contributed by atoms with Crippen molar-refractivity contribution in [3.8, 4) is 0 Å². The summed E-state index contributed by atoms with van der Waals surface area (Å²) in [5.41, 5.74) is 4.73. The third-order valence-electron chi connectivity index (χ3n) is 6.81. The second-order valence-corrected chi connectivity index (χ2v) is 9.37. The molecule has 1 aliphatic heterocycles. The van der Waals surface area contributed by atoms with Crippen molar-refractivity contribution in [3.63, 3.8) is 0 Å². The van der Waals surface area contributed by atoms with Gasteiger partial charge in [0.05, 0.1) is 11.9 Å². The number of nitrogens with zero attached hydrogens (tertiary/aromatic N) is 7. The van der Waals surface area contributed by atoms with Crippen LogP contribution in [-0.2, 0) is 6.54 Å². The summed E-state index contributed by atoms with van der Waals surface area (Å²) in [6.45, 7) is 0.872. The number of hydrogen-bond donors (Lipinski definition) is 1. The maximum absolute atomic E-state index is 13.7. The Bertz CT molecular complexity index is 1610. The van der Waals surface area contributed by atoms with E-state index in [2.05, 4.69) is 31.4 Å². The van der Waals surface area contributed by atoms with E-state index in [1.165, 1.54) is 6.20 Å². The molecule has 6 rings (SSSR count). The lowest BCUT2D eigenvalue weighted by Gasteiger charge is -2.26. The van der Waals surface area contributed by atoms with E-state index in [4.69, 9.17) is 4.98 Å². The van der Waals surface area contributed by atoms with Gasteiger partial charge >= 0.3 is 0 Å². The van der Waals surface area contributed by atoms with Gasteiger partial charge in [-0.2, -0.15) is 5.10 Å². The number of hydrogen-bond acceptors (Lipinski definition) is 7. The molecule has 1 N–H and O–H groups in total. The highest BCUT2D eigenvalue weighted by atomic mass is 16.2. The number of carbonyl (C=O) groups is 2. The van der Waals surface area contributed by atoms with Crippen molar-refractivity contribution < 1.29 is 9.59 Å². The second-order valence-electron chi connectivity index (χ2n) is 9.37. The predicted molar refractivity (Wildman–Crippen MR) is 144 cm³/mol. The highest BCUT2D eigenvalue weighted by Gasteiger charge is 2.28. The van der Waals surface area contributed by atoms with E-state index in [0.717, 1.165) is 29.7 Å². The van der Waals surface area contributed by atoms with Gasteiger partial charge in [0, 0.05) is 50.0 Å². The van der Waals surface area contributed by atoms with Gasteiger partial charge in [0.1, 0.15) is 11.4 Å². The van der Waals surface area contributed by atoms with Crippen LogP contribution in [0.2, 0.25) is 0 Å². The highest BCUT2D eigenvalue weighted by molar-refractivity contribution is 5.99. The smallest absolute Gasteiger partial charge is 0.278 e. The molecular formula is C29H26N8O2. The number of amides is 2. The lowest BCUT2D eigenvalue weighted by atomic mass is 9.97. The number of aromatic nitrogens is 6. The molecule has 1 aliphatic carbocycles. The molecule has 0 bridgehead atoms. The number of fused-ring (bicyclic) bond motifs is 1. The quantitative estimate of drug-likeness (QED) is 0.413. The minimum atomic E-state index is -0.296. The van der Waals surface area contributed by atoms with Crippen LogP contribution in [0.15, 0.2) is 85.8 Å². The van der Waals surface area contributed by atoms with Crippen LogP contribution < -0.4 is 5.32 Å². The van der Waals surface area contributed by atoms with E-state index in [1.54, 1.807) is 40.4 Å². The van der Waals surface area contributed by atoms with Gasteiger partial charge in [0.25, 0.3) is 11.8 Å². The fourth-order valence-electron chi connectivity index (χ4n) is 4.74. The zero-order valence-corrected chi connectivity index (χ0v) is 21.1. The average molecular weight is 519 g/mol. The number of nitrogens with one attached hydrogen (secondary N) is 1. The fraction of sp³-hybridized carbons (Fsp3) is 0.207. The fourth-order valence-corrected chi connectivity index (χ4v) is 4.74. The van der Waals surface area contributed by atoms with Gasteiger partial charge in [0.2, 0.25) is 0 Å². The summed E-state index contributed by atoms with van der Waals surface area (Å²) in [4.78, 5) is 45.5. The molecule has 194 valence electrons. The Morgan fingerprint density at radius 3 is 2.74 bits per heavy atom. The summed E-state index contributed by atoms with van der Waals surface area (Å²) in [7, 11) is 0. The van der Waals surface area contributed by atoms with Gasteiger partial charge in [-0.05, 0) is 48.6 Å². The third-order valence-corrected chi connectivity index (χ3v) is 6.81. The van der Waals surface area contributed by atoms with E-state index in [1.807, 2.05) is 42.5 Å². The summed E-state index contributed by atoms with van der Waals surface area (Å²) in [6, 6.07) is 7.39. The first-order chi connectivity index (χ1) is 19.2. The van der Waals surface area contributed by atoms with E-state index >= 15 is 0 Å². The van der Waals surface area contributed by atoms with Crippen LogP contribution in [0.1, 0.15) is 63.1 Å². The molecule has 5 heterocycles. The zero-order valence-electron chi connectivity index (χ0n) is 21.1. The Morgan fingerprint density at radius 2 is 2.00 bits per heavy atom. The van der Waals surface area contributed by atoms with Gasteiger partial charge < -0.3 is 10.2 Å². The highest BCUT2D eigenvalue weighted by Crippen LogP contribution is 2.29. The number of rotatable bonds is 6. The van der Waals surface area contributed by atoms with Crippen LogP contribution >= 0.6 is 0 Å². The van der Waals surface area contributed by atoms with Crippen molar-refractivity contribution >= 4 is 23.0 Å². The van der Waals surface area contributed by atoms with Crippen LogP contribution in [0.5, 0.6) is 0 Å². The third kappa shape index (κ3) is 5.08. The normalized spacial score (nSPS) is 16.8. The second kappa shape index (κ2) is 10.8. The largest absolute Gasteiger partial charge is 0.347 e. The summed E-state index contributed by atoms with van der Waals surface area (Å²) >= 11 is 0. The first kappa shape index (κ1) is 24.4. The van der Waals surface area contributed by atoms with E-state index in [-0.39, 0.29) is 23.4 Å². The van der Waals surface area contributed by atoms with Crippen LogP contribution in [0, 0.1) is 0 Å². The molecular weight excluding hydrogens is 492 g/mol. The molecule has 2 amide bonds. The van der Waals surface area contributed by atoms with E-state index < -0.39 is 0 Å². The van der Waals surface area contributed by atoms with Crippen molar-refractivity contribution in [2.45, 2.75) is 31.7 Å². The maximum atomic E-state index is 13.7. The average Bonchev–Trinajstić information content (AvgIpc) is 3.40. The Labute approximate surface area is 224 Å². The number of pyridine rings is 1. The number of carbonyl (C=O) groups excluding carboxylic acids is 2. The van der Waals surface area contributed by atoms with E-state index in [9.17, 15) is 9.59 Å². The number of imidazole rings is 1. The standard InChI is InChI=1S/C29H26N8O2/c38-28(33-17-20-6-4-12-30-16-20)24-19-31-23(18-32-24)21-10-14-36(15-11-21)29(39)27-26(22-7-2-1-3-8-22)35-25-9-5-13-34-37(25)27/h1-2,4-7,9-10,12-14,16,18-19,21H,3,8,11,15,17H2,(H,33,38). The van der Waals surface area contributed by atoms with Crippen molar-refractivity contribution in [1.29, 1.82) is 0 Å². The van der Waals surface area contributed by atoms with Crippen molar-refractivity contribution in [2.75, 3.05) is 6.54 Å². The van der Waals surface area contributed by atoms with Gasteiger partial charge in [-0.3, -0.25) is 19.6 Å².